The van der Waals surface area contributed by atoms with Crippen molar-refractivity contribution in [3.05, 3.63) is 35.9 Å². The molecule has 2 fully saturated rings. The Morgan fingerprint density at radius 1 is 1.41 bits per heavy atom. The number of piperazine rings is 1. The highest BCUT2D eigenvalue weighted by Crippen LogP contribution is 2.43. The molecule has 90 valence electrons. The maximum atomic E-state index is 10.8. The lowest BCUT2D eigenvalue weighted by Gasteiger charge is -2.34. The molecule has 1 saturated heterocycles. The van der Waals surface area contributed by atoms with E-state index in [0.29, 0.717) is 0 Å². The number of hydrogen-bond acceptors (Lipinski definition) is 3. The summed E-state index contributed by atoms with van der Waals surface area (Å²) in [6.07, 6.45) is 2.13. The van der Waals surface area contributed by atoms with Crippen LogP contribution in [0, 0.1) is 5.92 Å². The van der Waals surface area contributed by atoms with Gasteiger partial charge in [0.1, 0.15) is 6.29 Å². The standard InChI is InChI=1S/C14H18N2O/c17-10-13-8-14(13)11-16(7-6-15-14)9-12-4-2-1-3-5-12/h1-5,10,13,15H,6-9,11H2. The number of nitrogens with one attached hydrogen (secondary N) is 1. The normalized spacial score (nSPS) is 32.6. The van der Waals surface area contributed by atoms with Crippen molar-refractivity contribution in [1.82, 2.24) is 10.2 Å². The van der Waals surface area contributed by atoms with Crippen molar-refractivity contribution >= 4 is 6.29 Å². The lowest BCUT2D eigenvalue weighted by molar-refractivity contribution is -0.109. The van der Waals surface area contributed by atoms with E-state index in [4.69, 9.17) is 0 Å². The predicted molar refractivity (Wildman–Crippen MR) is 66.6 cm³/mol. The van der Waals surface area contributed by atoms with Crippen LogP contribution in [0.3, 0.4) is 0 Å². The van der Waals surface area contributed by atoms with Gasteiger partial charge in [0.25, 0.3) is 0 Å². The van der Waals surface area contributed by atoms with Gasteiger partial charge < -0.3 is 10.1 Å². The molecule has 2 atom stereocenters. The van der Waals surface area contributed by atoms with Crippen LogP contribution in [-0.4, -0.2) is 36.4 Å². The largest absolute Gasteiger partial charge is 0.308 e. The van der Waals surface area contributed by atoms with Crippen molar-refractivity contribution < 1.29 is 4.79 Å². The summed E-state index contributed by atoms with van der Waals surface area (Å²) in [7, 11) is 0. The lowest BCUT2D eigenvalue weighted by atomic mass is 10.1. The molecule has 0 bridgehead atoms. The number of hydrogen-bond donors (Lipinski definition) is 1. The molecule has 3 heteroatoms. The third kappa shape index (κ3) is 2.13. The zero-order valence-electron chi connectivity index (χ0n) is 9.93. The first-order valence-electron chi connectivity index (χ1n) is 6.29. The minimum absolute atomic E-state index is 0.106. The summed E-state index contributed by atoms with van der Waals surface area (Å²) < 4.78 is 0. The van der Waals surface area contributed by atoms with Crippen LogP contribution in [-0.2, 0) is 11.3 Å². The van der Waals surface area contributed by atoms with Gasteiger partial charge in [-0.15, -0.1) is 0 Å². The van der Waals surface area contributed by atoms with Crippen molar-refractivity contribution in [2.45, 2.75) is 18.5 Å². The minimum atomic E-state index is 0.106. The summed E-state index contributed by atoms with van der Waals surface area (Å²) in [5, 5.41) is 3.51. The Balaban J connectivity index is 1.63. The van der Waals surface area contributed by atoms with Crippen LogP contribution in [0.15, 0.2) is 30.3 Å². The van der Waals surface area contributed by atoms with Crippen molar-refractivity contribution in [2.75, 3.05) is 19.6 Å². The third-order valence-electron chi connectivity index (χ3n) is 3.96. The summed E-state index contributed by atoms with van der Waals surface area (Å²) in [5.41, 5.74) is 1.46. The zero-order valence-corrected chi connectivity index (χ0v) is 9.93. The molecule has 2 aliphatic rings. The Morgan fingerprint density at radius 2 is 2.24 bits per heavy atom. The molecule has 0 radical (unpaired) electrons. The van der Waals surface area contributed by atoms with Gasteiger partial charge in [-0.1, -0.05) is 30.3 Å². The van der Waals surface area contributed by atoms with Crippen LogP contribution in [0.5, 0.6) is 0 Å². The summed E-state index contributed by atoms with van der Waals surface area (Å²) in [6, 6.07) is 10.5. The molecule has 0 amide bonds. The molecule has 1 spiro atoms. The molecular formula is C14H18N2O. The van der Waals surface area contributed by atoms with Crippen molar-refractivity contribution in [2.24, 2.45) is 5.92 Å². The second-order valence-electron chi connectivity index (χ2n) is 5.23. The molecule has 1 aliphatic carbocycles. The Morgan fingerprint density at radius 3 is 2.94 bits per heavy atom. The molecule has 1 N–H and O–H groups in total. The fraction of sp³-hybridized carbons (Fsp3) is 0.500. The maximum absolute atomic E-state index is 10.8. The molecule has 1 aliphatic heterocycles. The second-order valence-corrected chi connectivity index (χ2v) is 5.23. The number of carbonyl (C=O) groups excluding carboxylic acids is 1. The molecule has 17 heavy (non-hydrogen) atoms. The Hall–Kier alpha value is -1.19. The van der Waals surface area contributed by atoms with E-state index < -0.39 is 0 Å². The predicted octanol–water partition coefficient (Wildman–Crippen LogP) is 1.05. The highest BCUT2D eigenvalue weighted by molar-refractivity contribution is 5.62. The van der Waals surface area contributed by atoms with Crippen LogP contribution in [0.25, 0.3) is 0 Å². The van der Waals surface area contributed by atoms with Gasteiger partial charge in [-0.25, -0.2) is 0 Å². The molecular weight excluding hydrogens is 212 g/mol. The smallest absolute Gasteiger partial charge is 0.125 e. The van der Waals surface area contributed by atoms with Crippen LogP contribution in [0.4, 0.5) is 0 Å². The Bertz CT molecular complexity index is 406. The first-order valence-corrected chi connectivity index (χ1v) is 6.29. The average molecular weight is 230 g/mol. The molecule has 3 rings (SSSR count). The quantitative estimate of drug-likeness (QED) is 0.788. The molecule has 1 aromatic carbocycles. The van der Waals surface area contributed by atoms with Gasteiger partial charge >= 0.3 is 0 Å². The molecule has 3 nitrogen and oxygen atoms in total. The first kappa shape index (κ1) is 10.9. The summed E-state index contributed by atoms with van der Waals surface area (Å²) in [6.45, 7) is 4.07. The van der Waals surface area contributed by atoms with E-state index in [2.05, 4.69) is 34.5 Å². The van der Waals surface area contributed by atoms with E-state index in [-0.39, 0.29) is 11.5 Å². The fourth-order valence-electron chi connectivity index (χ4n) is 2.87. The number of rotatable bonds is 3. The van der Waals surface area contributed by atoms with E-state index >= 15 is 0 Å². The van der Waals surface area contributed by atoms with E-state index in [1.807, 2.05) is 6.07 Å². The van der Waals surface area contributed by atoms with Gasteiger partial charge in [0.2, 0.25) is 0 Å². The van der Waals surface area contributed by atoms with Crippen LogP contribution < -0.4 is 5.32 Å². The van der Waals surface area contributed by atoms with Crippen LogP contribution >= 0.6 is 0 Å². The minimum Gasteiger partial charge on any atom is -0.308 e. The van der Waals surface area contributed by atoms with E-state index in [1.54, 1.807) is 0 Å². The van der Waals surface area contributed by atoms with Gasteiger partial charge in [0.05, 0.1) is 0 Å². The summed E-state index contributed by atoms with van der Waals surface area (Å²) >= 11 is 0. The molecule has 1 aromatic rings. The van der Waals surface area contributed by atoms with Gasteiger partial charge in [-0.2, -0.15) is 0 Å². The monoisotopic (exact) mass is 230 g/mol. The number of nitrogens with zero attached hydrogens (tertiary/aromatic N) is 1. The molecule has 2 unspecified atom stereocenters. The fourth-order valence-corrected chi connectivity index (χ4v) is 2.87. The topological polar surface area (TPSA) is 32.3 Å². The van der Waals surface area contributed by atoms with Gasteiger partial charge in [-0.3, -0.25) is 4.90 Å². The lowest BCUT2D eigenvalue weighted by Crippen LogP contribution is -2.53. The third-order valence-corrected chi connectivity index (χ3v) is 3.96. The van der Waals surface area contributed by atoms with Gasteiger partial charge in [0, 0.05) is 37.6 Å². The molecule has 1 heterocycles. The first-order chi connectivity index (χ1) is 8.32. The Kier molecular flexibility index (Phi) is 2.73. The van der Waals surface area contributed by atoms with Crippen molar-refractivity contribution in [1.29, 1.82) is 0 Å². The average Bonchev–Trinajstić information content (AvgIpc) is 3.03. The highest BCUT2D eigenvalue weighted by Gasteiger charge is 2.55. The number of carbonyl (C=O) groups is 1. The summed E-state index contributed by atoms with van der Waals surface area (Å²) in [4.78, 5) is 13.3. The highest BCUT2D eigenvalue weighted by atomic mass is 16.1. The Labute approximate surface area is 102 Å². The van der Waals surface area contributed by atoms with Crippen LogP contribution in [0.1, 0.15) is 12.0 Å². The summed E-state index contributed by atoms with van der Waals surface area (Å²) in [5.74, 6) is 0.237. The maximum Gasteiger partial charge on any atom is 0.125 e. The second kappa shape index (κ2) is 4.24. The van der Waals surface area contributed by atoms with Gasteiger partial charge in [0.15, 0.2) is 0 Å². The van der Waals surface area contributed by atoms with Crippen molar-refractivity contribution in [3.63, 3.8) is 0 Å². The molecule has 1 saturated carbocycles. The number of benzene rings is 1. The van der Waals surface area contributed by atoms with E-state index in [1.165, 1.54) is 5.56 Å². The van der Waals surface area contributed by atoms with Crippen molar-refractivity contribution in [3.8, 4) is 0 Å². The van der Waals surface area contributed by atoms with E-state index in [0.717, 1.165) is 38.9 Å². The molecule has 0 aromatic heterocycles. The van der Waals surface area contributed by atoms with Crippen LogP contribution in [0.2, 0.25) is 0 Å². The number of aldehydes is 1. The zero-order chi connectivity index (χ0) is 11.7. The van der Waals surface area contributed by atoms with Gasteiger partial charge in [-0.05, 0) is 12.0 Å². The SMILES string of the molecule is O=CC1CC12CN(Cc1ccccc1)CCN2. The van der Waals surface area contributed by atoms with E-state index in [9.17, 15) is 4.79 Å².